The fourth-order valence-electron chi connectivity index (χ4n) is 3.37. The van der Waals surface area contributed by atoms with E-state index in [0.29, 0.717) is 5.52 Å². The monoisotopic (exact) mass is 477 g/mol. The van der Waals surface area contributed by atoms with E-state index in [1.54, 1.807) is 0 Å². The number of rotatable bonds is 4. The lowest BCUT2D eigenvalue weighted by molar-refractivity contribution is 0.203. The van der Waals surface area contributed by atoms with Gasteiger partial charge in [-0.25, -0.2) is 18.0 Å². The van der Waals surface area contributed by atoms with Gasteiger partial charge in [0.2, 0.25) is 0 Å². The third-order valence-corrected chi connectivity index (χ3v) is 5.16. The summed E-state index contributed by atoms with van der Waals surface area (Å²) in [6.45, 7) is 0. The van der Waals surface area contributed by atoms with Gasteiger partial charge in [0.15, 0.2) is 11.6 Å². The lowest BCUT2D eigenvalue weighted by Gasteiger charge is -2.17. The van der Waals surface area contributed by atoms with Crippen molar-refractivity contribution in [3.05, 3.63) is 64.1 Å². The van der Waals surface area contributed by atoms with Gasteiger partial charge in [-0.2, -0.15) is 19.7 Å². The van der Waals surface area contributed by atoms with Gasteiger partial charge in [0.1, 0.15) is 23.1 Å². The Hall–Kier alpha value is -4.06. The number of amides is 1. The van der Waals surface area contributed by atoms with Crippen LogP contribution in [0, 0.1) is 17.5 Å². The minimum absolute atomic E-state index is 0.0887. The molecule has 4 rings (SSSR count). The molecule has 2 aromatic carbocycles. The molecule has 9 nitrogen and oxygen atoms in total. The Morgan fingerprint density at radius 2 is 1.79 bits per heavy atom. The molecule has 2 aromatic heterocycles. The zero-order valence-electron chi connectivity index (χ0n) is 16.9. The summed E-state index contributed by atoms with van der Waals surface area (Å²) in [7, 11) is 1.22. The van der Waals surface area contributed by atoms with Crippen molar-refractivity contribution in [2.75, 3.05) is 23.4 Å². The average molecular weight is 478 g/mol. The largest absolute Gasteiger partial charge is 0.465 e. The van der Waals surface area contributed by atoms with Crippen molar-refractivity contribution in [2.45, 2.75) is 6.42 Å². The van der Waals surface area contributed by atoms with E-state index in [0.717, 1.165) is 17.0 Å². The summed E-state index contributed by atoms with van der Waals surface area (Å²) in [6, 6.07) is 5.54. The molecule has 5 N–H and O–H groups in total. The number of aromatic nitrogens is 4. The van der Waals surface area contributed by atoms with Crippen LogP contribution in [-0.2, 0) is 6.42 Å². The molecular formula is C20H15ClF3N7O2. The van der Waals surface area contributed by atoms with Crippen LogP contribution < -0.4 is 16.4 Å². The molecule has 0 atom stereocenters. The van der Waals surface area contributed by atoms with Gasteiger partial charge in [0, 0.05) is 18.9 Å². The van der Waals surface area contributed by atoms with E-state index in [4.69, 9.17) is 23.1 Å². The summed E-state index contributed by atoms with van der Waals surface area (Å²) in [5.74, 6) is -2.76. The molecule has 0 aliphatic heterocycles. The van der Waals surface area contributed by atoms with Crippen molar-refractivity contribution >= 4 is 45.9 Å². The van der Waals surface area contributed by atoms with Crippen LogP contribution in [0.3, 0.4) is 0 Å². The molecule has 4 aromatic rings. The summed E-state index contributed by atoms with van der Waals surface area (Å²) in [5, 5.41) is 13.4. The Labute approximate surface area is 189 Å². The van der Waals surface area contributed by atoms with Crippen LogP contribution in [0.2, 0.25) is 5.02 Å². The van der Waals surface area contributed by atoms with Gasteiger partial charge in [-0.3, -0.25) is 4.90 Å². The van der Waals surface area contributed by atoms with Crippen molar-refractivity contribution in [1.82, 2.24) is 19.7 Å². The van der Waals surface area contributed by atoms with Crippen molar-refractivity contribution in [3.8, 4) is 5.95 Å². The number of fused-ring (bicyclic) bond motifs is 1. The number of nitrogens with zero attached hydrogens (tertiary/aromatic N) is 5. The zero-order chi connectivity index (χ0) is 24.0. The summed E-state index contributed by atoms with van der Waals surface area (Å²) in [4.78, 5) is 20.2. The second-order valence-corrected chi connectivity index (χ2v) is 7.45. The Bertz CT molecular complexity index is 1400. The fourth-order valence-corrected chi connectivity index (χ4v) is 3.59. The van der Waals surface area contributed by atoms with Crippen LogP contribution in [0.15, 0.2) is 30.3 Å². The van der Waals surface area contributed by atoms with Crippen LogP contribution >= 0.6 is 11.6 Å². The highest BCUT2D eigenvalue weighted by molar-refractivity contribution is 6.30. The maximum absolute atomic E-state index is 14.4. The highest BCUT2D eigenvalue weighted by atomic mass is 35.5. The second kappa shape index (κ2) is 8.13. The average Bonchev–Trinajstić information content (AvgIpc) is 3.08. The summed E-state index contributed by atoms with van der Waals surface area (Å²) < 4.78 is 43.4. The smallest absolute Gasteiger partial charge is 0.411 e. The number of hydrogen-bond acceptors (Lipinski definition) is 6. The van der Waals surface area contributed by atoms with Crippen LogP contribution in [0.1, 0.15) is 11.3 Å². The van der Waals surface area contributed by atoms with E-state index in [1.807, 2.05) is 0 Å². The normalized spacial score (nSPS) is 11.2. The predicted molar refractivity (Wildman–Crippen MR) is 116 cm³/mol. The topological polar surface area (TPSA) is 136 Å². The highest BCUT2D eigenvalue weighted by Gasteiger charge is 2.22. The molecule has 0 unspecified atom stereocenters. The van der Waals surface area contributed by atoms with Gasteiger partial charge in [-0.15, -0.1) is 0 Å². The number of carboxylic acid groups (broad SMARTS) is 1. The van der Waals surface area contributed by atoms with Gasteiger partial charge < -0.3 is 16.6 Å². The molecule has 0 saturated heterocycles. The summed E-state index contributed by atoms with van der Waals surface area (Å²) in [5.41, 5.74) is 12.1. The molecule has 0 radical (unpaired) electrons. The Kier molecular flexibility index (Phi) is 5.46. The lowest BCUT2D eigenvalue weighted by atomic mass is 10.1. The first-order valence-corrected chi connectivity index (χ1v) is 9.65. The second-order valence-electron chi connectivity index (χ2n) is 7.04. The van der Waals surface area contributed by atoms with Crippen molar-refractivity contribution in [2.24, 2.45) is 0 Å². The van der Waals surface area contributed by atoms with Crippen LogP contribution in [0.25, 0.3) is 16.9 Å². The SMILES string of the molecule is CN(C(=O)O)c1c(N)nc(-n2nc(Cc3cc(F)cc(Cl)c3F)c3cc(F)ccc32)nc1N. The van der Waals surface area contributed by atoms with Crippen LogP contribution in [0.4, 0.5) is 35.3 Å². The van der Waals surface area contributed by atoms with E-state index < -0.39 is 28.6 Å². The van der Waals surface area contributed by atoms with E-state index in [1.165, 1.54) is 29.9 Å². The Balaban J connectivity index is 1.88. The minimum atomic E-state index is -1.33. The van der Waals surface area contributed by atoms with E-state index in [-0.39, 0.29) is 46.3 Å². The maximum Gasteiger partial charge on any atom is 0.411 e. The summed E-state index contributed by atoms with van der Waals surface area (Å²) >= 11 is 5.73. The Morgan fingerprint density at radius 3 is 2.42 bits per heavy atom. The molecule has 0 fully saturated rings. The molecule has 2 heterocycles. The van der Waals surface area contributed by atoms with Gasteiger partial charge in [-0.1, -0.05) is 11.6 Å². The predicted octanol–water partition coefficient (Wildman–Crippen LogP) is 3.76. The quantitative estimate of drug-likeness (QED) is 0.381. The molecule has 13 heteroatoms. The summed E-state index contributed by atoms with van der Waals surface area (Å²) in [6.07, 6.45) is -1.55. The first-order valence-electron chi connectivity index (χ1n) is 9.27. The first-order chi connectivity index (χ1) is 15.6. The first kappa shape index (κ1) is 22.1. The molecule has 0 aliphatic carbocycles. The van der Waals surface area contributed by atoms with Gasteiger partial charge in [0.25, 0.3) is 5.95 Å². The third kappa shape index (κ3) is 3.96. The van der Waals surface area contributed by atoms with Crippen molar-refractivity contribution in [1.29, 1.82) is 0 Å². The van der Waals surface area contributed by atoms with Gasteiger partial charge in [-0.05, 0) is 35.9 Å². The van der Waals surface area contributed by atoms with Crippen LogP contribution in [0.5, 0.6) is 0 Å². The molecular weight excluding hydrogens is 463 g/mol. The lowest BCUT2D eigenvalue weighted by Crippen LogP contribution is -2.27. The molecule has 0 spiro atoms. The van der Waals surface area contributed by atoms with Gasteiger partial charge in [0.05, 0.1) is 16.2 Å². The number of anilines is 3. The molecule has 0 aliphatic rings. The number of nitrogens with two attached hydrogens (primary N) is 2. The zero-order valence-corrected chi connectivity index (χ0v) is 17.6. The van der Waals surface area contributed by atoms with Crippen molar-refractivity contribution < 1.29 is 23.1 Å². The van der Waals surface area contributed by atoms with E-state index >= 15 is 0 Å². The third-order valence-electron chi connectivity index (χ3n) is 4.88. The highest BCUT2D eigenvalue weighted by Crippen LogP contribution is 2.30. The molecule has 170 valence electrons. The standard InChI is InChI=1S/C20H15ClF3N7O2/c1-30(20(32)33)16-17(25)27-19(28-18(16)26)31-14-3-2-9(22)6-11(14)13(29-31)5-8-4-10(23)7-12(21)15(8)24/h2-4,6-7H,5H2,1H3,(H,32,33)(H4,25,26,27,28). The van der Waals surface area contributed by atoms with Crippen molar-refractivity contribution in [3.63, 3.8) is 0 Å². The van der Waals surface area contributed by atoms with Gasteiger partial charge >= 0.3 is 6.09 Å². The fraction of sp³-hybridized carbons (Fsp3) is 0.100. The molecule has 0 bridgehead atoms. The van der Waals surface area contributed by atoms with Crippen LogP contribution in [-0.4, -0.2) is 38.0 Å². The molecule has 0 saturated carbocycles. The molecule has 1 amide bonds. The maximum atomic E-state index is 14.4. The number of carbonyl (C=O) groups is 1. The Morgan fingerprint density at radius 1 is 1.12 bits per heavy atom. The number of hydrogen-bond donors (Lipinski definition) is 3. The minimum Gasteiger partial charge on any atom is -0.465 e. The number of nitrogen functional groups attached to an aromatic ring is 2. The number of halogens is 4. The number of benzene rings is 2. The molecule has 33 heavy (non-hydrogen) atoms. The van der Waals surface area contributed by atoms with E-state index in [2.05, 4.69) is 15.1 Å². The van der Waals surface area contributed by atoms with E-state index in [9.17, 15) is 23.1 Å².